The van der Waals surface area contributed by atoms with Crippen LogP contribution in [0, 0.1) is 5.41 Å². The Morgan fingerprint density at radius 1 is 0.955 bits per heavy atom. The molecule has 10 heteroatoms. The normalized spacial score (nSPS) is 14.0. The highest BCUT2D eigenvalue weighted by molar-refractivity contribution is 6.07. The number of likely N-dealkylation sites (tertiary alicyclic amines) is 1. The summed E-state index contributed by atoms with van der Waals surface area (Å²) in [6, 6.07) is 21.4. The molecule has 1 aliphatic rings. The van der Waals surface area contributed by atoms with E-state index < -0.39 is 11.7 Å². The summed E-state index contributed by atoms with van der Waals surface area (Å²) < 4.78 is 12.4. The molecule has 0 atom stereocenters. The van der Waals surface area contributed by atoms with E-state index in [2.05, 4.69) is 34.9 Å². The third-order valence-electron chi connectivity index (χ3n) is 7.62. The standard InChI is InChI=1S/C34H39N5O5/c1-5-43-33(42)38-17-15-26(16-18-38)36-31(40)29-19-23-13-14-24(30(35)37-32(41)44-34(2,3)4)20-28(23)39(29)21-25-11-8-10-22-9-6-7-12-27(22)25/h6-14,19-20,26H,5,15-18,21H2,1-4H3,(H,36,40)(H2,35,37,41). The zero-order chi connectivity index (χ0) is 31.4. The fraction of sp³-hybridized carbons (Fsp3) is 0.353. The van der Waals surface area contributed by atoms with Crippen molar-refractivity contribution in [2.45, 2.75) is 58.7 Å². The highest BCUT2D eigenvalue weighted by Gasteiger charge is 2.26. The lowest BCUT2D eigenvalue weighted by Gasteiger charge is -2.31. The molecule has 3 aromatic carbocycles. The van der Waals surface area contributed by atoms with Crippen LogP contribution >= 0.6 is 0 Å². The topological polar surface area (TPSA) is 126 Å². The summed E-state index contributed by atoms with van der Waals surface area (Å²) in [5.74, 6) is -0.307. The summed E-state index contributed by atoms with van der Waals surface area (Å²) in [6.07, 6.45) is 0.232. The van der Waals surface area contributed by atoms with Gasteiger partial charge in [0.15, 0.2) is 0 Å². The van der Waals surface area contributed by atoms with Crippen LogP contribution in [0.5, 0.6) is 0 Å². The van der Waals surface area contributed by atoms with E-state index in [9.17, 15) is 14.4 Å². The number of rotatable bonds is 6. The molecule has 0 bridgehead atoms. The molecule has 0 spiro atoms. The van der Waals surface area contributed by atoms with Gasteiger partial charge in [-0.2, -0.15) is 0 Å². The van der Waals surface area contributed by atoms with Gasteiger partial charge >= 0.3 is 12.2 Å². The number of piperidine rings is 1. The Hall–Kier alpha value is -4.86. The van der Waals surface area contributed by atoms with E-state index in [1.54, 1.807) is 38.7 Å². The number of ether oxygens (including phenoxy) is 2. The van der Waals surface area contributed by atoms with Crippen molar-refractivity contribution in [2.24, 2.45) is 0 Å². The van der Waals surface area contributed by atoms with Gasteiger partial charge in [0.05, 0.1) is 6.61 Å². The Labute approximate surface area is 256 Å². The molecular formula is C34H39N5O5. The molecule has 0 aliphatic carbocycles. The Kier molecular flexibility index (Phi) is 8.89. The van der Waals surface area contributed by atoms with Crippen molar-refractivity contribution in [1.29, 1.82) is 5.41 Å². The van der Waals surface area contributed by atoms with Gasteiger partial charge in [0.25, 0.3) is 5.91 Å². The quantitative estimate of drug-likeness (QED) is 0.185. The highest BCUT2D eigenvalue weighted by Crippen LogP contribution is 2.27. The van der Waals surface area contributed by atoms with Crippen molar-refractivity contribution in [3.8, 4) is 0 Å². The number of alkyl carbamates (subject to hydrolysis) is 1. The largest absolute Gasteiger partial charge is 0.450 e. The maximum Gasteiger partial charge on any atom is 0.413 e. The SMILES string of the molecule is CCOC(=O)N1CCC(NC(=O)c2cc3ccc(C(=N)NC(=O)OC(C)(C)C)cc3n2Cc2cccc3ccccc23)CC1. The van der Waals surface area contributed by atoms with Crippen molar-refractivity contribution in [3.63, 3.8) is 0 Å². The predicted octanol–water partition coefficient (Wildman–Crippen LogP) is 6.04. The van der Waals surface area contributed by atoms with Crippen molar-refractivity contribution in [1.82, 2.24) is 20.1 Å². The molecule has 0 saturated carbocycles. The highest BCUT2D eigenvalue weighted by atomic mass is 16.6. The number of nitrogens with one attached hydrogen (secondary N) is 3. The van der Waals surface area contributed by atoms with Gasteiger partial charge in [-0.05, 0) is 69.0 Å². The second-order valence-corrected chi connectivity index (χ2v) is 12.0. The minimum atomic E-state index is -0.706. The Balaban J connectivity index is 1.45. The van der Waals surface area contributed by atoms with Crippen LogP contribution in [0.1, 0.15) is 62.2 Å². The average Bonchev–Trinajstić information content (AvgIpc) is 3.34. The zero-order valence-electron chi connectivity index (χ0n) is 25.6. The molecule has 3 amide bonds. The van der Waals surface area contributed by atoms with Crippen molar-refractivity contribution < 1.29 is 23.9 Å². The summed E-state index contributed by atoms with van der Waals surface area (Å²) in [4.78, 5) is 40.0. The third kappa shape index (κ3) is 7.02. The number of carbonyl (C=O) groups is 3. The van der Waals surface area contributed by atoms with Gasteiger partial charge in [-0.1, -0.05) is 54.6 Å². The summed E-state index contributed by atoms with van der Waals surface area (Å²) in [5.41, 5.74) is 2.08. The number of hydrogen-bond acceptors (Lipinski definition) is 6. The number of amidine groups is 1. The van der Waals surface area contributed by atoms with Crippen LogP contribution in [0.25, 0.3) is 21.7 Å². The smallest absolute Gasteiger partial charge is 0.413 e. The molecule has 1 saturated heterocycles. The molecule has 1 fully saturated rings. The van der Waals surface area contributed by atoms with E-state index in [1.165, 1.54) is 0 Å². The van der Waals surface area contributed by atoms with E-state index >= 15 is 0 Å². The maximum absolute atomic E-state index is 13.8. The molecule has 2 heterocycles. The summed E-state index contributed by atoms with van der Waals surface area (Å²) >= 11 is 0. The Bertz CT molecular complexity index is 1710. The molecule has 10 nitrogen and oxygen atoms in total. The molecular weight excluding hydrogens is 558 g/mol. The minimum absolute atomic E-state index is 0.0843. The molecule has 0 radical (unpaired) electrons. The fourth-order valence-corrected chi connectivity index (χ4v) is 5.53. The van der Waals surface area contributed by atoms with E-state index in [0.29, 0.717) is 50.3 Å². The first kappa shape index (κ1) is 30.6. The van der Waals surface area contributed by atoms with Crippen molar-refractivity contribution in [3.05, 3.63) is 83.6 Å². The van der Waals surface area contributed by atoms with Crippen LogP contribution < -0.4 is 10.6 Å². The first-order valence-electron chi connectivity index (χ1n) is 14.9. The van der Waals surface area contributed by atoms with Crippen LogP contribution in [-0.4, -0.2) is 64.7 Å². The van der Waals surface area contributed by atoms with Gasteiger partial charge in [-0.15, -0.1) is 0 Å². The summed E-state index contributed by atoms with van der Waals surface area (Å²) in [5, 5.41) is 17.3. The monoisotopic (exact) mass is 597 g/mol. The second kappa shape index (κ2) is 12.8. The number of nitrogens with zero attached hydrogens (tertiary/aromatic N) is 2. The molecule has 44 heavy (non-hydrogen) atoms. The number of hydrogen-bond donors (Lipinski definition) is 3. The van der Waals surface area contributed by atoms with Crippen molar-refractivity contribution in [2.75, 3.05) is 19.7 Å². The second-order valence-electron chi connectivity index (χ2n) is 12.0. The lowest BCUT2D eigenvalue weighted by Crippen LogP contribution is -2.47. The minimum Gasteiger partial charge on any atom is -0.450 e. The first-order valence-corrected chi connectivity index (χ1v) is 14.9. The predicted molar refractivity (Wildman–Crippen MR) is 170 cm³/mol. The Morgan fingerprint density at radius 3 is 2.41 bits per heavy atom. The number of carbonyl (C=O) groups excluding carboxylic acids is 3. The molecule has 0 unspecified atom stereocenters. The van der Waals surface area contributed by atoms with E-state index in [-0.39, 0.29) is 23.9 Å². The van der Waals surface area contributed by atoms with Gasteiger partial charge in [-0.3, -0.25) is 15.5 Å². The van der Waals surface area contributed by atoms with Crippen LogP contribution in [-0.2, 0) is 16.0 Å². The van der Waals surface area contributed by atoms with Gasteiger partial charge in [-0.25, -0.2) is 9.59 Å². The van der Waals surface area contributed by atoms with Crippen LogP contribution in [0.2, 0.25) is 0 Å². The number of amides is 3. The van der Waals surface area contributed by atoms with Crippen LogP contribution in [0.3, 0.4) is 0 Å². The first-order chi connectivity index (χ1) is 21.0. The molecule has 5 rings (SSSR count). The third-order valence-corrected chi connectivity index (χ3v) is 7.62. The number of fused-ring (bicyclic) bond motifs is 2. The summed E-state index contributed by atoms with van der Waals surface area (Å²) in [6.45, 7) is 8.85. The molecule has 4 aromatic rings. The molecule has 1 aliphatic heterocycles. The van der Waals surface area contributed by atoms with Crippen LogP contribution in [0.4, 0.5) is 9.59 Å². The zero-order valence-corrected chi connectivity index (χ0v) is 25.6. The molecule has 3 N–H and O–H groups in total. The lowest BCUT2D eigenvalue weighted by molar-refractivity contribution is 0.0562. The van der Waals surface area contributed by atoms with E-state index in [4.69, 9.17) is 14.9 Å². The van der Waals surface area contributed by atoms with Gasteiger partial charge in [0, 0.05) is 42.1 Å². The number of benzene rings is 3. The van der Waals surface area contributed by atoms with Crippen molar-refractivity contribution >= 4 is 45.6 Å². The maximum atomic E-state index is 13.8. The molecule has 1 aromatic heterocycles. The number of aromatic nitrogens is 1. The van der Waals surface area contributed by atoms with E-state index in [0.717, 1.165) is 27.2 Å². The average molecular weight is 598 g/mol. The van der Waals surface area contributed by atoms with E-state index in [1.807, 2.05) is 41.0 Å². The molecule has 230 valence electrons. The Morgan fingerprint density at radius 2 is 1.68 bits per heavy atom. The lowest BCUT2D eigenvalue weighted by atomic mass is 10.0. The van der Waals surface area contributed by atoms with Crippen LogP contribution in [0.15, 0.2) is 66.7 Å². The summed E-state index contributed by atoms with van der Waals surface area (Å²) in [7, 11) is 0. The van der Waals surface area contributed by atoms with Gasteiger partial charge in [0.2, 0.25) is 0 Å². The van der Waals surface area contributed by atoms with Gasteiger partial charge < -0.3 is 24.3 Å². The fourth-order valence-electron chi connectivity index (χ4n) is 5.53. The van der Waals surface area contributed by atoms with Gasteiger partial charge in [0.1, 0.15) is 17.1 Å².